The molecule has 0 aromatic carbocycles. The maximum Gasteiger partial charge on any atom is 0.326 e. The lowest BCUT2D eigenvalue weighted by Crippen LogP contribution is -2.48. The molecular weight excluding hydrogens is 236 g/mol. The molecule has 0 aliphatic carbocycles. The van der Waals surface area contributed by atoms with Crippen LogP contribution in [0.4, 0.5) is 0 Å². The lowest BCUT2D eigenvalue weighted by molar-refractivity contribution is -0.143. The molecule has 0 saturated carbocycles. The predicted octanol–water partition coefficient (Wildman–Crippen LogP) is 0.128. The van der Waals surface area contributed by atoms with Gasteiger partial charge in [0, 0.05) is 13.0 Å². The Morgan fingerprint density at radius 1 is 1.50 bits per heavy atom. The number of carbonyl (C=O) groups is 3. The van der Waals surface area contributed by atoms with Gasteiger partial charge < -0.3 is 15.7 Å². The number of amides is 2. The predicted molar refractivity (Wildman–Crippen MR) is 64.8 cm³/mol. The van der Waals surface area contributed by atoms with Crippen molar-refractivity contribution in [1.29, 1.82) is 0 Å². The molecule has 102 valence electrons. The molecule has 1 heterocycles. The van der Waals surface area contributed by atoms with E-state index in [1.807, 2.05) is 13.8 Å². The van der Waals surface area contributed by atoms with Crippen LogP contribution < -0.4 is 10.6 Å². The van der Waals surface area contributed by atoms with Crippen molar-refractivity contribution in [1.82, 2.24) is 10.6 Å². The van der Waals surface area contributed by atoms with Crippen molar-refractivity contribution in [2.45, 2.75) is 39.2 Å². The zero-order chi connectivity index (χ0) is 13.7. The maximum atomic E-state index is 11.9. The summed E-state index contributed by atoms with van der Waals surface area (Å²) < 4.78 is 0. The van der Waals surface area contributed by atoms with E-state index >= 15 is 0 Å². The fourth-order valence-corrected chi connectivity index (χ4v) is 1.94. The summed E-state index contributed by atoms with van der Waals surface area (Å²) in [6, 6.07) is -0.852. The van der Waals surface area contributed by atoms with E-state index in [-0.39, 0.29) is 23.7 Å². The van der Waals surface area contributed by atoms with Crippen molar-refractivity contribution < 1.29 is 19.5 Å². The van der Waals surface area contributed by atoms with E-state index in [2.05, 4.69) is 10.6 Å². The van der Waals surface area contributed by atoms with Gasteiger partial charge in [0.15, 0.2) is 0 Å². The van der Waals surface area contributed by atoms with Crippen LogP contribution in [0.2, 0.25) is 0 Å². The Balaban J connectivity index is 2.50. The van der Waals surface area contributed by atoms with Gasteiger partial charge in [0.05, 0.1) is 5.92 Å². The van der Waals surface area contributed by atoms with Gasteiger partial charge in [0.1, 0.15) is 6.04 Å². The maximum absolute atomic E-state index is 11.9. The average molecular weight is 256 g/mol. The van der Waals surface area contributed by atoms with Gasteiger partial charge in [-0.3, -0.25) is 9.59 Å². The van der Waals surface area contributed by atoms with Crippen molar-refractivity contribution in [2.75, 3.05) is 6.54 Å². The minimum atomic E-state index is -1.02. The summed E-state index contributed by atoms with van der Waals surface area (Å²) in [6.45, 7) is 4.10. The largest absolute Gasteiger partial charge is 0.480 e. The number of aliphatic carboxylic acids is 1. The molecule has 0 spiro atoms. The third kappa shape index (κ3) is 4.35. The van der Waals surface area contributed by atoms with Gasteiger partial charge >= 0.3 is 5.97 Å². The number of carbonyl (C=O) groups excluding carboxylic acids is 2. The lowest BCUT2D eigenvalue weighted by atomic mass is 9.97. The summed E-state index contributed by atoms with van der Waals surface area (Å²) in [6.07, 6.45) is 1.20. The fourth-order valence-electron chi connectivity index (χ4n) is 1.94. The first-order chi connectivity index (χ1) is 8.40. The van der Waals surface area contributed by atoms with Gasteiger partial charge in [-0.1, -0.05) is 13.8 Å². The molecule has 6 nitrogen and oxygen atoms in total. The number of hydrogen-bond acceptors (Lipinski definition) is 3. The highest BCUT2D eigenvalue weighted by molar-refractivity contribution is 5.87. The molecule has 1 aliphatic heterocycles. The second-order valence-electron chi connectivity index (χ2n) is 5.07. The van der Waals surface area contributed by atoms with E-state index in [9.17, 15) is 14.4 Å². The van der Waals surface area contributed by atoms with Crippen molar-refractivity contribution in [3.05, 3.63) is 0 Å². The lowest BCUT2D eigenvalue weighted by Gasteiger charge is -2.24. The summed E-state index contributed by atoms with van der Waals surface area (Å²) in [4.78, 5) is 33.9. The summed E-state index contributed by atoms with van der Waals surface area (Å²) in [5.74, 6) is -1.50. The second kappa shape index (κ2) is 6.37. The third-order valence-corrected chi connectivity index (χ3v) is 2.96. The highest BCUT2D eigenvalue weighted by Crippen LogP contribution is 2.12. The first kappa shape index (κ1) is 14.5. The summed E-state index contributed by atoms with van der Waals surface area (Å²) in [5, 5.41) is 14.2. The van der Waals surface area contributed by atoms with Crippen LogP contribution in [0.15, 0.2) is 0 Å². The van der Waals surface area contributed by atoms with Crippen LogP contribution in [-0.4, -0.2) is 35.5 Å². The van der Waals surface area contributed by atoms with E-state index in [1.165, 1.54) is 0 Å². The average Bonchev–Trinajstić information content (AvgIpc) is 2.28. The van der Waals surface area contributed by atoms with Crippen LogP contribution in [0, 0.1) is 11.8 Å². The second-order valence-corrected chi connectivity index (χ2v) is 5.07. The molecule has 1 saturated heterocycles. The van der Waals surface area contributed by atoms with Gasteiger partial charge in [-0.05, 0) is 18.8 Å². The zero-order valence-corrected chi connectivity index (χ0v) is 10.7. The van der Waals surface area contributed by atoms with Gasteiger partial charge in [-0.15, -0.1) is 0 Å². The number of nitrogens with one attached hydrogen (secondary N) is 2. The molecule has 1 fully saturated rings. The van der Waals surface area contributed by atoms with Gasteiger partial charge in [-0.2, -0.15) is 0 Å². The minimum absolute atomic E-state index is 0.0592. The Labute approximate surface area is 106 Å². The van der Waals surface area contributed by atoms with Crippen LogP contribution in [0.3, 0.4) is 0 Å². The molecule has 1 rings (SSSR count). The Morgan fingerprint density at radius 3 is 2.61 bits per heavy atom. The molecule has 2 atom stereocenters. The van der Waals surface area contributed by atoms with E-state index in [0.717, 1.165) is 0 Å². The number of carboxylic acids is 1. The van der Waals surface area contributed by atoms with Gasteiger partial charge in [-0.25, -0.2) is 4.79 Å². The van der Waals surface area contributed by atoms with Crippen molar-refractivity contribution in [3.8, 4) is 0 Å². The molecule has 0 aromatic rings. The quantitative estimate of drug-likeness (QED) is 0.651. The van der Waals surface area contributed by atoms with Crippen LogP contribution in [-0.2, 0) is 14.4 Å². The highest BCUT2D eigenvalue weighted by Gasteiger charge is 2.28. The molecule has 6 heteroatoms. The Kier molecular flexibility index (Phi) is 5.12. The molecule has 18 heavy (non-hydrogen) atoms. The summed E-state index contributed by atoms with van der Waals surface area (Å²) in [7, 11) is 0. The monoisotopic (exact) mass is 256 g/mol. The number of hydrogen-bond donors (Lipinski definition) is 3. The summed E-state index contributed by atoms with van der Waals surface area (Å²) >= 11 is 0. The molecular formula is C12H20N2O4. The van der Waals surface area contributed by atoms with E-state index < -0.39 is 12.0 Å². The van der Waals surface area contributed by atoms with Crippen LogP contribution in [0.1, 0.15) is 33.1 Å². The van der Waals surface area contributed by atoms with Crippen LogP contribution >= 0.6 is 0 Å². The first-order valence-corrected chi connectivity index (χ1v) is 6.20. The molecule has 1 aliphatic rings. The molecule has 0 aromatic heterocycles. The molecule has 0 radical (unpaired) electrons. The molecule has 2 unspecified atom stereocenters. The zero-order valence-electron chi connectivity index (χ0n) is 10.7. The van der Waals surface area contributed by atoms with Crippen LogP contribution in [0.25, 0.3) is 0 Å². The third-order valence-electron chi connectivity index (χ3n) is 2.96. The number of carboxylic acid groups (broad SMARTS) is 1. The standard InChI is InChI=1S/C12H20N2O4/c1-7(2)5-9(12(17)18)14-11(16)8-3-4-10(15)13-6-8/h7-9H,3-6H2,1-2H3,(H,13,15)(H,14,16)(H,17,18). The van der Waals surface area contributed by atoms with Crippen molar-refractivity contribution in [2.24, 2.45) is 11.8 Å². The number of rotatable bonds is 5. The van der Waals surface area contributed by atoms with Crippen molar-refractivity contribution >= 4 is 17.8 Å². The van der Waals surface area contributed by atoms with E-state index in [4.69, 9.17) is 5.11 Å². The van der Waals surface area contributed by atoms with Gasteiger partial charge in [0.25, 0.3) is 0 Å². The molecule has 2 amide bonds. The van der Waals surface area contributed by atoms with Crippen molar-refractivity contribution in [3.63, 3.8) is 0 Å². The Morgan fingerprint density at radius 2 is 2.17 bits per heavy atom. The van der Waals surface area contributed by atoms with E-state index in [1.54, 1.807) is 0 Å². The number of piperidine rings is 1. The first-order valence-electron chi connectivity index (χ1n) is 6.20. The van der Waals surface area contributed by atoms with Gasteiger partial charge in [0.2, 0.25) is 11.8 Å². The van der Waals surface area contributed by atoms with Crippen LogP contribution in [0.5, 0.6) is 0 Å². The molecule has 3 N–H and O–H groups in total. The van der Waals surface area contributed by atoms with E-state index in [0.29, 0.717) is 25.8 Å². The smallest absolute Gasteiger partial charge is 0.326 e. The normalized spacial score (nSPS) is 21.3. The molecule has 0 bridgehead atoms. The SMILES string of the molecule is CC(C)CC(NC(=O)C1CCC(=O)NC1)C(=O)O. The Hall–Kier alpha value is -1.59. The topological polar surface area (TPSA) is 95.5 Å². The fraction of sp³-hybridized carbons (Fsp3) is 0.750. The Bertz CT molecular complexity index is 331. The highest BCUT2D eigenvalue weighted by atomic mass is 16.4. The minimum Gasteiger partial charge on any atom is -0.480 e. The summed E-state index contributed by atoms with van der Waals surface area (Å²) in [5.41, 5.74) is 0.